The van der Waals surface area contributed by atoms with Crippen LogP contribution < -0.4 is 5.32 Å². The van der Waals surface area contributed by atoms with Crippen molar-refractivity contribution in [2.45, 2.75) is 71.9 Å². The minimum Gasteiger partial charge on any atom is -0.309 e. The summed E-state index contributed by atoms with van der Waals surface area (Å²) in [5.41, 5.74) is 0.835. The van der Waals surface area contributed by atoms with Crippen molar-refractivity contribution in [2.75, 3.05) is 0 Å². The molecular formula is C16H27NS. The van der Waals surface area contributed by atoms with E-state index in [9.17, 15) is 0 Å². The van der Waals surface area contributed by atoms with Crippen molar-refractivity contribution >= 4 is 11.3 Å². The average molecular weight is 265 g/mol. The molecule has 1 fully saturated rings. The Morgan fingerprint density at radius 3 is 2.56 bits per heavy atom. The molecule has 1 nitrogen and oxygen atoms in total. The fraction of sp³-hybridized carbons (Fsp3) is 0.750. The lowest BCUT2D eigenvalue weighted by molar-refractivity contribution is 0.364. The molecular weight excluding hydrogens is 238 g/mol. The molecule has 0 amide bonds. The van der Waals surface area contributed by atoms with Crippen molar-refractivity contribution in [3.05, 3.63) is 21.9 Å². The fourth-order valence-electron chi connectivity index (χ4n) is 2.73. The summed E-state index contributed by atoms with van der Waals surface area (Å²) >= 11 is 1.96. The fourth-order valence-corrected chi connectivity index (χ4v) is 3.75. The van der Waals surface area contributed by atoms with Gasteiger partial charge in [0.15, 0.2) is 0 Å². The van der Waals surface area contributed by atoms with Crippen LogP contribution in [0.2, 0.25) is 0 Å². The van der Waals surface area contributed by atoms with Crippen LogP contribution in [0.3, 0.4) is 0 Å². The summed E-state index contributed by atoms with van der Waals surface area (Å²) in [6.07, 6.45) is 4.03. The summed E-state index contributed by atoms with van der Waals surface area (Å²) in [5, 5.41) is 3.73. The Morgan fingerprint density at radius 1 is 1.33 bits per heavy atom. The molecule has 0 aromatic carbocycles. The molecule has 18 heavy (non-hydrogen) atoms. The summed E-state index contributed by atoms with van der Waals surface area (Å²) in [6.45, 7) is 12.7. The second kappa shape index (κ2) is 4.97. The van der Waals surface area contributed by atoms with E-state index in [-0.39, 0.29) is 5.41 Å². The van der Waals surface area contributed by atoms with Gasteiger partial charge in [-0.05, 0) is 42.2 Å². The molecule has 1 unspecified atom stereocenters. The van der Waals surface area contributed by atoms with Crippen LogP contribution in [-0.4, -0.2) is 6.04 Å². The topological polar surface area (TPSA) is 12.0 Å². The molecule has 1 atom stereocenters. The van der Waals surface area contributed by atoms with Crippen molar-refractivity contribution in [2.24, 2.45) is 5.41 Å². The monoisotopic (exact) mass is 265 g/mol. The van der Waals surface area contributed by atoms with Crippen LogP contribution in [0.15, 0.2) is 12.1 Å². The van der Waals surface area contributed by atoms with E-state index in [1.807, 2.05) is 11.3 Å². The Hall–Kier alpha value is -0.340. The number of rotatable bonds is 3. The molecule has 1 aromatic heterocycles. The highest BCUT2D eigenvalue weighted by atomic mass is 32.1. The van der Waals surface area contributed by atoms with Crippen molar-refractivity contribution in [1.29, 1.82) is 0 Å². The van der Waals surface area contributed by atoms with Gasteiger partial charge in [-0.15, -0.1) is 11.3 Å². The molecule has 2 rings (SSSR count). The van der Waals surface area contributed by atoms with Gasteiger partial charge in [-0.25, -0.2) is 0 Å². The molecule has 1 aromatic rings. The minimum atomic E-state index is 0.290. The van der Waals surface area contributed by atoms with Crippen LogP contribution in [0.5, 0.6) is 0 Å². The van der Waals surface area contributed by atoms with Gasteiger partial charge in [-0.3, -0.25) is 0 Å². The maximum atomic E-state index is 3.73. The zero-order valence-electron chi connectivity index (χ0n) is 12.5. The van der Waals surface area contributed by atoms with Gasteiger partial charge in [0.25, 0.3) is 0 Å². The molecule has 1 heterocycles. The highest BCUT2D eigenvalue weighted by molar-refractivity contribution is 7.12. The van der Waals surface area contributed by atoms with E-state index in [1.54, 1.807) is 0 Å². The quantitative estimate of drug-likeness (QED) is 0.834. The molecule has 1 N–H and O–H groups in total. The van der Waals surface area contributed by atoms with E-state index in [0.29, 0.717) is 5.41 Å². The normalized spacial score (nSPS) is 23.5. The van der Waals surface area contributed by atoms with Gasteiger partial charge < -0.3 is 5.32 Å². The van der Waals surface area contributed by atoms with E-state index in [4.69, 9.17) is 0 Å². The highest BCUT2D eigenvalue weighted by Crippen LogP contribution is 2.37. The maximum Gasteiger partial charge on any atom is 0.0302 e. The number of hydrogen-bond donors (Lipinski definition) is 1. The Kier molecular flexibility index (Phi) is 3.89. The first-order valence-corrected chi connectivity index (χ1v) is 7.90. The third-order valence-corrected chi connectivity index (χ3v) is 5.45. The first-order chi connectivity index (χ1) is 8.26. The van der Waals surface area contributed by atoms with Crippen molar-refractivity contribution in [1.82, 2.24) is 5.32 Å². The first-order valence-electron chi connectivity index (χ1n) is 7.09. The number of thiophene rings is 1. The van der Waals surface area contributed by atoms with Crippen LogP contribution in [0, 0.1) is 5.41 Å². The summed E-state index contributed by atoms with van der Waals surface area (Å²) in [7, 11) is 0. The molecule has 0 radical (unpaired) electrons. The Balaban J connectivity index is 1.86. The zero-order valence-corrected chi connectivity index (χ0v) is 13.3. The Labute approximate surface area is 116 Å². The van der Waals surface area contributed by atoms with Gasteiger partial charge in [0, 0.05) is 22.3 Å². The van der Waals surface area contributed by atoms with Crippen LogP contribution in [0.25, 0.3) is 0 Å². The maximum absolute atomic E-state index is 3.73. The number of nitrogens with one attached hydrogen (secondary N) is 1. The summed E-state index contributed by atoms with van der Waals surface area (Å²) in [6, 6.07) is 5.30. The molecule has 2 heteroatoms. The van der Waals surface area contributed by atoms with Gasteiger partial charge in [-0.1, -0.05) is 34.6 Å². The van der Waals surface area contributed by atoms with Crippen LogP contribution in [-0.2, 0) is 12.0 Å². The SMILES string of the molecule is CC1(C)CCC(NCc2ccc(C(C)(C)C)s2)C1. The van der Waals surface area contributed by atoms with Crippen LogP contribution in [0.1, 0.15) is 63.6 Å². The lowest BCUT2D eigenvalue weighted by atomic mass is 9.92. The minimum absolute atomic E-state index is 0.290. The number of hydrogen-bond acceptors (Lipinski definition) is 2. The Bertz CT molecular complexity index is 397. The second-order valence-corrected chi connectivity index (χ2v) is 8.67. The molecule has 1 saturated carbocycles. The van der Waals surface area contributed by atoms with Crippen molar-refractivity contribution in [3.63, 3.8) is 0 Å². The lowest BCUT2D eigenvalue weighted by Gasteiger charge is -2.17. The second-order valence-electron chi connectivity index (χ2n) is 7.50. The third kappa shape index (κ3) is 3.58. The first kappa shape index (κ1) is 14.1. The highest BCUT2D eigenvalue weighted by Gasteiger charge is 2.30. The van der Waals surface area contributed by atoms with Crippen LogP contribution in [0.4, 0.5) is 0 Å². The van der Waals surface area contributed by atoms with Gasteiger partial charge in [0.1, 0.15) is 0 Å². The predicted octanol–water partition coefficient (Wildman–Crippen LogP) is 4.71. The summed E-state index contributed by atoms with van der Waals surface area (Å²) < 4.78 is 0. The van der Waals surface area contributed by atoms with E-state index in [1.165, 1.54) is 29.0 Å². The molecule has 102 valence electrons. The predicted molar refractivity (Wildman–Crippen MR) is 81.3 cm³/mol. The Morgan fingerprint density at radius 2 is 2.06 bits per heavy atom. The average Bonchev–Trinajstić information content (AvgIpc) is 2.80. The van der Waals surface area contributed by atoms with E-state index >= 15 is 0 Å². The van der Waals surface area contributed by atoms with Crippen molar-refractivity contribution < 1.29 is 0 Å². The van der Waals surface area contributed by atoms with Gasteiger partial charge in [-0.2, -0.15) is 0 Å². The van der Waals surface area contributed by atoms with E-state index in [2.05, 4.69) is 52.1 Å². The summed E-state index contributed by atoms with van der Waals surface area (Å²) in [5.74, 6) is 0. The van der Waals surface area contributed by atoms with Gasteiger partial charge in [0.05, 0.1) is 0 Å². The van der Waals surface area contributed by atoms with Gasteiger partial charge >= 0.3 is 0 Å². The smallest absolute Gasteiger partial charge is 0.0302 e. The lowest BCUT2D eigenvalue weighted by Crippen LogP contribution is -2.26. The summed E-state index contributed by atoms with van der Waals surface area (Å²) in [4.78, 5) is 2.97. The van der Waals surface area contributed by atoms with E-state index < -0.39 is 0 Å². The zero-order chi connectivity index (χ0) is 13.4. The molecule has 0 bridgehead atoms. The molecule has 0 saturated heterocycles. The van der Waals surface area contributed by atoms with Crippen LogP contribution >= 0.6 is 11.3 Å². The van der Waals surface area contributed by atoms with Gasteiger partial charge in [0.2, 0.25) is 0 Å². The molecule has 1 aliphatic carbocycles. The standard InChI is InChI=1S/C16H27NS/c1-15(2,3)14-7-6-13(18-14)11-17-12-8-9-16(4,5)10-12/h6-7,12,17H,8-11H2,1-5H3. The molecule has 0 spiro atoms. The third-order valence-electron chi connectivity index (χ3n) is 3.93. The van der Waals surface area contributed by atoms with Crippen molar-refractivity contribution in [3.8, 4) is 0 Å². The molecule has 1 aliphatic rings. The molecule has 0 aliphatic heterocycles. The van der Waals surface area contributed by atoms with E-state index in [0.717, 1.165) is 12.6 Å². The largest absolute Gasteiger partial charge is 0.309 e.